The van der Waals surface area contributed by atoms with Gasteiger partial charge in [0.25, 0.3) is 0 Å². The van der Waals surface area contributed by atoms with Crippen molar-refractivity contribution >= 4 is 6.09 Å². The van der Waals surface area contributed by atoms with E-state index in [2.05, 4.69) is 10.1 Å². The lowest BCUT2D eigenvalue weighted by Gasteiger charge is -1.97. The summed E-state index contributed by atoms with van der Waals surface area (Å²) in [5, 5.41) is 10.4. The average Bonchev–Trinajstić information content (AvgIpc) is 2.05. The fourth-order valence-electron chi connectivity index (χ4n) is 0.443. The van der Waals surface area contributed by atoms with Crippen LogP contribution in [0.25, 0.3) is 0 Å². The summed E-state index contributed by atoms with van der Waals surface area (Å²) in [6.45, 7) is 2.06. The molecule has 0 rings (SSSR count). The number of carbonyl (C=O) groups excluding carboxylic acids is 1. The van der Waals surface area contributed by atoms with Crippen molar-refractivity contribution in [2.24, 2.45) is 0 Å². The summed E-state index contributed by atoms with van der Waals surface area (Å²) in [6.07, 6.45) is 5.22. The molecule has 0 saturated heterocycles. The number of hydrogen-bond donors (Lipinski definition) is 1. The molecular formula is C8H10N2O2. The van der Waals surface area contributed by atoms with E-state index >= 15 is 0 Å². The Morgan fingerprint density at radius 1 is 1.67 bits per heavy atom. The lowest BCUT2D eigenvalue weighted by molar-refractivity contribution is 0.156. The van der Waals surface area contributed by atoms with Crippen LogP contribution >= 0.6 is 0 Å². The Balaban J connectivity index is 3.54. The van der Waals surface area contributed by atoms with Gasteiger partial charge >= 0.3 is 6.09 Å². The second-order valence-corrected chi connectivity index (χ2v) is 1.71. The summed E-state index contributed by atoms with van der Waals surface area (Å²) < 4.78 is 4.56. The molecule has 0 atom stereocenters. The quantitative estimate of drug-likeness (QED) is 0.508. The van der Waals surface area contributed by atoms with Crippen LogP contribution in [0.1, 0.15) is 6.92 Å². The van der Waals surface area contributed by atoms with Crippen LogP contribution < -0.4 is 5.32 Å². The van der Waals surface area contributed by atoms with Gasteiger partial charge in [0, 0.05) is 12.3 Å². The maximum absolute atomic E-state index is 10.6. The van der Waals surface area contributed by atoms with Crippen molar-refractivity contribution in [2.45, 2.75) is 6.92 Å². The van der Waals surface area contributed by atoms with Crippen molar-refractivity contribution in [3.8, 4) is 6.07 Å². The number of ether oxygens (including phenoxy) is 1. The molecule has 4 nitrogen and oxygen atoms in total. The molecule has 0 saturated carbocycles. The van der Waals surface area contributed by atoms with E-state index in [4.69, 9.17) is 5.26 Å². The van der Waals surface area contributed by atoms with Crippen molar-refractivity contribution in [1.29, 1.82) is 5.26 Å². The summed E-state index contributed by atoms with van der Waals surface area (Å²) in [4.78, 5) is 10.6. The first-order valence-corrected chi connectivity index (χ1v) is 3.45. The molecule has 0 fully saturated rings. The zero-order valence-electron chi connectivity index (χ0n) is 6.78. The summed E-state index contributed by atoms with van der Waals surface area (Å²) in [7, 11) is 0. The highest BCUT2D eigenvalue weighted by atomic mass is 16.5. The van der Waals surface area contributed by atoms with Gasteiger partial charge in [-0.3, -0.25) is 5.32 Å². The summed E-state index contributed by atoms with van der Waals surface area (Å²) >= 11 is 0. The van der Waals surface area contributed by atoms with Gasteiger partial charge in [0.15, 0.2) is 0 Å². The van der Waals surface area contributed by atoms with Crippen LogP contribution in [0.3, 0.4) is 0 Å². The molecule has 0 bridgehead atoms. The maximum Gasteiger partial charge on any atom is 0.411 e. The molecule has 12 heavy (non-hydrogen) atoms. The Morgan fingerprint density at radius 2 is 2.42 bits per heavy atom. The normalized spacial score (nSPS) is 10.0. The third kappa shape index (κ3) is 6.36. The monoisotopic (exact) mass is 166 g/mol. The van der Waals surface area contributed by atoms with E-state index in [1.165, 1.54) is 24.4 Å². The molecule has 0 heterocycles. The first-order valence-electron chi connectivity index (χ1n) is 3.45. The van der Waals surface area contributed by atoms with E-state index in [9.17, 15) is 4.79 Å². The molecule has 1 amide bonds. The Labute approximate surface area is 71.1 Å². The van der Waals surface area contributed by atoms with E-state index < -0.39 is 6.09 Å². The molecule has 0 aliphatic rings. The smallest absolute Gasteiger partial charge is 0.411 e. The standard InChI is InChI=1S/C8H10N2O2/c1-2-12-8(11)10-7-5-3-4-6-9/h3-5,7H,2H2,1H3,(H,10,11)/b4-3+,7-5-. The molecule has 0 radical (unpaired) electrons. The second-order valence-electron chi connectivity index (χ2n) is 1.71. The molecule has 0 spiro atoms. The minimum absolute atomic E-state index is 0.341. The predicted molar refractivity (Wildman–Crippen MR) is 44.1 cm³/mol. The molecule has 0 aliphatic carbocycles. The molecular weight excluding hydrogens is 156 g/mol. The highest BCUT2D eigenvalue weighted by molar-refractivity contribution is 5.68. The van der Waals surface area contributed by atoms with Crippen molar-refractivity contribution in [1.82, 2.24) is 5.32 Å². The van der Waals surface area contributed by atoms with E-state index in [1.807, 2.05) is 0 Å². The largest absolute Gasteiger partial charge is 0.450 e. The van der Waals surface area contributed by atoms with Crippen molar-refractivity contribution in [2.75, 3.05) is 6.61 Å². The minimum Gasteiger partial charge on any atom is -0.450 e. The number of rotatable bonds is 3. The van der Waals surface area contributed by atoms with Crippen LogP contribution in [0, 0.1) is 11.3 Å². The zero-order chi connectivity index (χ0) is 9.23. The van der Waals surface area contributed by atoms with E-state index in [0.717, 1.165) is 0 Å². The highest BCUT2D eigenvalue weighted by Crippen LogP contribution is 1.77. The number of alkyl carbamates (subject to hydrolysis) is 1. The molecule has 64 valence electrons. The fraction of sp³-hybridized carbons (Fsp3) is 0.250. The number of amides is 1. The van der Waals surface area contributed by atoms with Crippen LogP contribution in [-0.4, -0.2) is 12.7 Å². The van der Waals surface area contributed by atoms with Crippen LogP contribution in [-0.2, 0) is 4.74 Å². The maximum atomic E-state index is 10.6. The number of nitrogens with zero attached hydrogens (tertiary/aromatic N) is 1. The number of hydrogen-bond acceptors (Lipinski definition) is 3. The van der Waals surface area contributed by atoms with Gasteiger partial charge in [0.2, 0.25) is 0 Å². The first kappa shape index (κ1) is 10.2. The summed E-state index contributed by atoms with van der Waals surface area (Å²) in [5.41, 5.74) is 0. The minimum atomic E-state index is -0.501. The molecule has 4 heteroatoms. The van der Waals surface area contributed by atoms with Crippen LogP contribution in [0.5, 0.6) is 0 Å². The van der Waals surface area contributed by atoms with Crippen molar-refractivity contribution in [3.05, 3.63) is 24.4 Å². The lowest BCUT2D eigenvalue weighted by atomic mass is 10.5. The Bertz CT molecular complexity index is 226. The topological polar surface area (TPSA) is 62.1 Å². The third-order valence-electron chi connectivity index (χ3n) is 0.855. The Morgan fingerprint density at radius 3 is 3.00 bits per heavy atom. The van der Waals surface area contributed by atoms with Crippen LogP contribution in [0.2, 0.25) is 0 Å². The summed E-state index contributed by atoms with van der Waals surface area (Å²) in [5.74, 6) is 0. The number of allylic oxidation sites excluding steroid dienone is 3. The van der Waals surface area contributed by atoms with E-state index in [0.29, 0.717) is 6.61 Å². The Kier molecular flexibility index (Phi) is 6.27. The number of nitriles is 1. The molecule has 0 aliphatic heterocycles. The predicted octanol–water partition coefficient (Wildman–Crippen LogP) is 1.33. The molecule has 1 N–H and O–H groups in total. The van der Waals surface area contributed by atoms with Crippen LogP contribution in [0.15, 0.2) is 24.4 Å². The summed E-state index contributed by atoms with van der Waals surface area (Å²) in [6, 6.07) is 1.81. The van der Waals surface area contributed by atoms with Crippen molar-refractivity contribution < 1.29 is 9.53 Å². The van der Waals surface area contributed by atoms with Gasteiger partial charge in [-0.25, -0.2) is 4.79 Å². The third-order valence-corrected chi connectivity index (χ3v) is 0.855. The number of carbonyl (C=O) groups is 1. The van der Waals surface area contributed by atoms with Gasteiger partial charge in [-0.15, -0.1) is 0 Å². The fourth-order valence-corrected chi connectivity index (χ4v) is 0.443. The highest BCUT2D eigenvalue weighted by Gasteiger charge is 1.92. The Hall–Kier alpha value is -1.76. The lowest BCUT2D eigenvalue weighted by Crippen LogP contribution is -2.17. The van der Waals surface area contributed by atoms with Crippen LogP contribution in [0.4, 0.5) is 4.79 Å². The molecule has 0 aromatic rings. The van der Waals surface area contributed by atoms with Gasteiger partial charge in [-0.05, 0) is 13.0 Å². The zero-order valence-corrected chi connectivity index (χ0v) is 6.78. The van der Waals surface area contributed by atoms with Gasteiger partial charge in [-0.2, -0.15) is 5.26 Å². The second kappa shape index (κ2) is 7.35. The van der Waals surface area contributed by atoms with Gasteiger partial charge < -0.3 is 4.74 Å². The first-order chi connectivity index (χ1) is 5.81. The molecule has 0 aromatic heterocycles. The van der Waals surface area contributed by atoms with Gasteiger partial charge in [0.05, 0.1) is 12.7 Å². The van der Waals surface area contributed by atoms with Gasteiger partial charge in [-0.1, -0.05) is 6.08 Å². The average molecular weight is 166 g/mol. The van der Waals surface area contributed by atoms with Gasteiger partial charge in [0.1, 0.15) is 0 Å². The number of nitrogens with one attached hydrogen (secondary N) is 1. The van der Waals surface area contributed by atoms with E-state index in [-0.39, 0.29) is 0 Å². The van der Waals surface area contributed by atoms with Crippen molar-refractivity contribution in [3.63, 3.8) is 0 Å². The molecule has 0 aromatic carbocycles. The molecule has 0 unspecified atom stereocenters. The SMILES string of the molecule is CCOC(=O)N/C=C\C=C\C#N. The van der Waals surface area contributed by atoms with E-state index in [1.54, 1.807) is 13.0 Å².